The normalized spacial score (nSPS) is 10.9. The number of nitrogen functional groups attached to an aromatic ring is 1. The van der Waals surface area contributed by atoms with Crippen molar-refractivity contribution < 1.29 is 0 Å². The van der Waals surface area contributed by atoms with Crippen LogP contribution in [0.4, 0.5) is 17.5 Å². The molecular formula is C12H18N6. The van der Waals surface area contributed by atoms with Crippen LogP contribution in [0.25, 0.3) is 0 Å². The summed E-state index contributed by atoms with van der Waals surface area (Å²) >= 11 is 0. The van der Waals surface area contributed by atoms with E-state index in [0.29, 0.717) is 11.6 Å². The second-order valence-corrected chi connectivity index (χ2v) is 4.60. The van der Waals surface area contributed by atoms with Gasteiger partial charge in [-0.3, -0.25) is 4.68 Å². The Balaban J connectivity index is 2.37. The van der Waals surface area contributed by atoms with Gasteiger partial charge in [-0.15, -0.1) is 0 Å². The fraction of sp³-hybridized carbons (Fsp3) is 0.417. The van der Waals surface area contributed by atoms with Crippen molar-refractivity contribution in [2.24, 2.45) is 7.05 Å². The van der Waals surface area contributed by atoms with Gasteiger partial charge in [0, 0.05) is 30.8 Å². The summed E-state index contributed by atoms with van der Waals surface area (Å²) in [5.41, 5.74) is 6.74. The second kappa shape index (κ2) is 4.64. The van der Waals surface area contributed by atoms with Gasteiger partial charge in [-0.05, 0) is 6.92 Å². The minimum absolute atomic E-state index is 0.234. The van der Waals surface area contributed by atoms with Crippen LogP contribution in [-0.2, 0) is 7.05 Å². The van der Waals surface area contributed by atoms with Crippen LogP contribution >= 0.6 is 0 Å². The fourth-order valence-electron chi connectivity index (χ4n) is 1.53. The summed E-state index contributed by atoms with van der Waals surface area (Å²) in [6.07, 6.45) is 1.87. The maximum atomic E-state index is 5.90. The van der Waals surface area contributed by atoms with E-state index in [4.69, 9.17) is 5.73 Å². The average molecular weight is 246 g/mol. The summed E-state index contributed by atoms with van der Waals surface area (Å²) in [6, 6.07) is 1.88. The van der Waals surface area contributed by atoms with E-state index in [1.807, 2.05) is 40.1 Å². The molecule has 0 aliphatic rings. The third-order valence-electron chi connectivity index (χ3n) is 2.68. The van der Waals surface area contributed by atoms with E-state index < -0.39 is 0 Å². The van der Waals surface area contributed by atoms with Gasteiger partial charge in [0.1, 0.15) is 17.5 Å². The topological polar surface area (TPSA) is 81.6 Å². The number of nitrogens with zero attached hydrogens (tertiary/aromatic N) is 4. The van der Waals surface area contributed by atoms with Gasteiger partial charge in [0.2, 0.25) is 0 Å². The molecule has 6 nitrogen and oxygen atoms in total. The molecule has 0 aliphatic heterocycles. The van der Waals surface area contributed by atoms with Crippen LogP contribution in [0.1, 0.15) is 31.2 Å². The van der Waals surface area contributed by atoms with Crippen LogP contribution in [0.15, 0.2) is 12.3 Å². The highest BCUT2D eigenvalue weighted by molar-refractivity contribution is 5.61. The van der Waals surface area contributed by atoms with Gasteiger partial charge in [-0.2, -0.15) is 5.10 Å². The van der Waals surface area contributed by atoms with Gasteiger partial charge in [-0.1, -0.05) is 13.8 Å². The molecule has 0 unspecified atom stereocenters. The lowest BCUT2D eigenvalue weighted by atomic mass is 10.2. The third kappa shape index (κ3) is 2.42. The lowest BCUT2D eigenvalue weighted by Crippen LogP contribution is -2.08. The molecule has 0 amide bonds. The zero-order valence-corrected chi connectivity index (χ0v) is 11.1. The fourth-order valence-corrected chi connectivity index (χ4v) is 1.53. The number of aryl methyl sites for hydroxylation is 1. The molecule has 0 saturated heterocycles. The Hall–Kier alpha value is -2.11. The number of hydrogen-bond donors (Lipinski definition) is 2. The summed E-state index contributed by atoms with van der Waals surface area (Å²) in [5, 5.41) is 7.42. The molecule has 0 aliphatic carbocycles. The number of hydrogen-bond acceptors (Lipinski definition) is 5. The van der Waals surface area contributed by atoms with E-state index in [1.54, 1.807) is 4.68 Å². The first-order valence-electron chi connectivity index (χ1n) is 5.88. The molecule has 2 aromatic rings. The molecule has 2 heterocycles. The minimum atomic E-state index is 0.234. The van der Waals surface area contributed by atoms with Crippen molar-refractivity contribution in [2.75, 3.05) is 11.1 Å². The number of nitrogens with two attached hydrogens (primary N) is 1. The molecule has 6 heteroatoms. The predicted octanol–water partition coefficient (Wildman–Crippen LogP) is 1.97. The van der Waals surface area contributed by atoms with Crippen LogP contribution in [0.2, 0.25) is 0 Å². The van der Waals surface area contributed by atoms with Gasteiger partial charge in [0.15, 0.2) is 5.82 Å². The standard InChI is InChI=1S/C12H18N6/c1-7(2)11-15-10(13)8(3)12(16-11)14-9-5-6-18(4)17-9/h5-7H,1-4H3,(H3,13,14,15,16,17). The summed E-state index contributed by atoms with van der Waals surface area (Å²) in [4.78, 5) is 8.77. The van der Waals surface area contributed by atoms with E-state index in [2.05, 4.69) is 20.4 Å². The van der Waals surface area contributed by atoms with Crippen LogP contribution < -0.4 is 11.1 Å². The molecule has 0 bridgehead atoms. The Kier molecular flexibility index (Phi) is 3.18. The van der Waals surface area contributed by atoms with Crippen molar-refractivity contribution in [3.05, 3.63) is 23.7 Å². The van der Waals surface area contributed by atoms with Crippen LogP contribution in [0.3, 0.4) is 0 Å². The van der Waals surface area contributed by atoms with E-state index in [9.17, 15) is 0 Å². The van der Waals surface area contributed by atoms with Crippen molar-refractivity contribution in [3.8, 4) is 0 Å². The molecular weight excluding hydrogens is 228 g/mol. The zero-order valence-electron chi connectivity index (χ0n) is 11.1. The monoisotopic (exact) mass is 246 g/mol. The number of rotatable bonds is 3. The number of nitrogens with one attached hydrogen (secondary N) is 1. The summed E-state index contributed by atoms with van der Waals surface area (Å²) in [5.74, 6) is 2.93. The van der Waals surface area contributed by atoms with E-state index in [-0.39, 0.29) is 5.92 Å². The Morgan fingerprint density at radius 3 is 2.61 bits per heavy atom. The molecule has 0 atom stereocenters. The summed E-state index contributed by atoms with van der Waals surface area (Å²) in [7, 11) is 1.87. The summed E-state index contributed by atoms with van der Waals surface area (Å²) in [6.45, 7) is 5.97. The molecule has 0 aromatic carbocycles. The lowest BCUT2D eigenvalue weighted by Gasteiger charge is -2.12. The SMILES string of the molecule is Cc1c(N)nc(C(C)C)nc1Nc1ccn(C)n1. The molecule has 0 radical (unpaired) electrons. The molecule has 0 spiro atoms. The first-order valence-corrected chi connectivity index (χ1v) is 5.88. The predicted molar refractivity (Wildman–Crippen MR) is 71.8 cm³/mol. The average Bonchev–Trinajstić information content (AvgIpc) is 2.70. The molecule has 96 valence electrons. The van der Waals surface area contributed by atoms with Crippen molar-refractivity contribution in [3.63, 3.8) is 0 Å². The van der Waals surface area contributed by atoms with Crippen LogP contribution in [0.5, 0.6) is 0 Å². The lowest BCUT2D eigenvalue weighted by molar-refractivity contribution is 0.767. The molecule has 18 heavy (non-hydrogen) atoms. The molecule has 2 aromatic heterocycles. The van der Waals surface area contributed by atoms with Crippen LogP contribution in [0, 0.1) is 6.92 Å². The third-order valence-corrected chi connectivity index (χ3v) is 2.68. The van der Waals surface area contributed by atoms with Crippen molar-refractivity contribution >= 4 is 17.5 Å². The number of anilines is 3. The van der Waals surface area contributed by atoms with Crippen molar-refractivity contribution in [1.82, 2.24) is 19.7 Å². The van der Waals surface area contributed by atoms with Gasteiger partial charge in [0.25, 0.3) is 0 Å². The Labute approximate surface area is 106 Å². The van der Waals surface area contributed by atoms with Crippen molar-refractivity contribution in [1.29, 1.82) is 0 Å². The minimum Gasteiger partial charge on any atom is -0.383 e. The highest BCUT2D eigenvalue weighted by Crippen LogP contribution is 2.23. The summed E-state index contributed by atoms with van der Waals surface area (Å²) < 4.78 is 1.73. The van der Waals surface area contributed by atoms with Crippen molar-refractivity contribution in [2.45, 2.75) is 26.7 Å². The quantitative estimate of drug-likeness (QED) is 0.865. The first-order chi connectivity index (χ1) is 8.47. The Morgan fingerprint density at radius 2 is 2.06 bits per heavy atom. The molecule has 3 N–H and O–H groups in total. The Morgan fingerprint density at radius 1 is 1.33 bits per heavy atom. The molecule has 0 fully saturated rings. The molecule has 0 saturated carbocycles. The van der Waals surface area contributed by atoms with E-state index in [0.717, 1.165) is 17.2 Å². The smallest absolute Gasteiger partial charge is 0.153 e. The van der Waals surface area contributed by atoms with E-state index in [1.165, 1.54) is 0 Å². The Bertz CT molecular complexity index is 558. The van der Waals surface area contributed by atoms with E-state index >= 15 is 0 Å². The second-order valence-electron chi connectivity index (χ2n) is 4.60. The maximum Gasteiger partial charge on any atom is 0.153 e. The largest absolute Gasteiger partial charge is 0.383 e. The highest BCUT2D eigenvalue weighted by atomic mass is 15.3. The zero-order chi connectivity index (χ0) is 13.3. The first kappa shape index (κ1) is 12.3. The van der Waals surface area contributed by atoms with Gasteiger partial charge in [0.05, 0.1) is 0 Å². The molecule has 2 rings (SSSR count). The maximum absolute atomic E-state index is 5.90. The highest BCUT2D eigenvalue weighted by Gasteiger charge is 2.12. The van der Waals surface area contributed by atoms with Gasteiger partial charge < -0.3 is 11.1 Å². The van der Waals surface area contributed by atoms with Gasteiger partial charge >= 0.3 is 0 Å². The number of aromatic nitrogens is 4. The van der Waals surface area contributed by atoms with Gasteiger partial charge in [-0.25, -0.2) is 9.97 Å². The van der Waals surface area contributed by atoms with Crippen LogP contribution in [-0.4, -0.2) is 19.7 Å².